The van der Waals surface area contributed by atoms with Crippen LogP contribution in [0.2, 0.25) is 0 Å². The maximum Gasteiger partial charge on any atom is 0.164 e. The van der Waals surface area contributed by atoms with Gasteiger partial charge in [0.25, 0.3) is 0 Å². The molecule has 12 aromatic rings. The zero-order valence-electron chi connectivity index (χ0n) is 36.5. The highest BCUT2D eigenvalue weighted by Crippen LogP contribution is 2.44. The molecule has 1 aliphatic rings. The number of para-hydroxylation sites is 1. The third-order valence-electron chi connectivity index (χ3n) is 13.5. The number of furan rings is 1. The molecule has 0 aliphatic heterocycles. The number of allylic oxidation sites excluding steroid dienone is 1. The summed E-state index contributed by atoms with van der Waals surface area (Å²) in [7, 11) is 0. The van der Waals surface area contributed by atoms with Gasteiger partial charge < -0.3 is 4.42 Å². The third-order valence-corrected chi connectivity index (χ3v) is 13.5. The van der Waals surface area contributed by atoms with Crippen molar-refractivity contribution in [1.29, 1.82) is 0 Å². The fraction of sp³-hybridized carbons (Fsp3) is 0.0317. The maximum atomic E-state index is 6.86. The van der Waals surface area contributed by atoms with Crippen LogP contribution >= 0.6 is 0 Å². The summed E-state index contributed by atoms with van der Waals surface area (Å²) in [5.74, 6) is 2.19. The molecule has 314 valence electrons. The summed E-state index contributed by atoms with van der Waals surface area (Å²) >= 11 is 0. The number of hydrogen-bond acceptors (Lipinski definition) is 4. The fourth-order valence-electron chi connectivity index (χ4n) is 10.1. The number of nitrogens with zero attached hydrogens (tertiary/aromatic N) is 3. The van der Waals surface area contributed by atoms with Gasteiger partial charge in [-0.2, -0.15) is 0 Å². The van der Waals surface area contributed by atoms with Gasteiger partial charge >= 0.3 is 0 Å². The van der Waals surface area contributed by atoms with Crippen molar-refractivity contribution in [3.05, 3.63) is 241 Å². The van der Waals surface area contributed by atoms with E-state index in [2.05, 4.69) is 212 Å². The molecule has 10 aromatic carbocycles. The van der Waals surface area contributed by atoms with Crippen molar-refractivity contribution in [3.63, 3.8) is 0 Å². The van der Waals surface area contributed by atoms with E-state index >= 15 is 0 Å². The number of aromatic nitrogens is 3. The molecule has 4 nitrogen and oxygen atoms in total. The first-order chi connectivity index (χ1) is 33.2. The first-order valence-corrected chi connectivity index (χ1v) is 22.9. The number of hydrogen-bond donors (Lipinski definition) is 0. The molecule has 13 rings (SSSR count). The average molecular weight is 856 g/mol. The molecule has 0 radical (unpaired) electrons. The van der Waals surface area contributed by atoms with Crippen molar-refractivity contribution in [2.75, 3.05) is 0 Å². The first kappa shape index (κ1) is 38.7. The van der Waals surface area contributed by atoms with E-state index in [0.717, 1.165) is 78.1 Å². The molecule has 0 fully saturated rings. The van der Waals surface area contributed by atoms with E-state index in [0.29, 0.717) is 23.4 Å². The third kappa shape index (κ3) is 6.90. The SMILES string of the molecule is C1=CC(c2ccc(-c3nc(-c4ccccc4)nc(-c4cc(-c5cccc6oc7c(-c8ccc(-c9cccc%10ccccc9%10)cc8)cccc7c56)c5ccccc5c4)n3)cc2)Cc2ccccc21. The van der Waals surface area contributed by atoms with Crippen LogP contribution in [-0.4, -0.2) is 15.0 Å². The Morgan fingerprint density at radius 2 is 0.955 bits per heavy atom. The highest BCUT2D eigenvalue weighted by atomic mass is 16.3. The lowest BCUT2D eigenvalue weighted by molar-refractivity contribution is 0.670. The Morgan fingerprint density at radius 3 is 1.76 bits per heavy atom. The molecule has 1 aliphatic carbocycles. The lowest BCUT2D eigenvalue weighted by Gasteiger charge is -2.20. The predicted molar refractivity (Wildman–Crippen MR) is 277 cm³/mol. The quantitative estimate of drug-likeness (QED) is 0.160. The average Bonchev–Trinajstić information content (AvgIpc) is 3.80. The minimum absolute atomic E-state index is 0.310. The lowest BCUT2D eigenvalue weighted by Crippen LogP contribution is -2.05. The van der Waals surface area contributed by atoms with Gasteiger partial charge in [0.1, 0.15) is 11.2 Å². The molecule has 2 heterocycles. The van der Waals surface area contributed by atoms with Gasteiger partial charge in [-0.1, -0.05) is 212 Å². The van der Waals surface area contributed by atoms with Crippen molar-refractivity contribution < 1.29 is 4.42 Å². The molecule has 0 saturated carbocycles. The van der Waals surface area contributed by atoms with Crippen LogP contribution in [0, 0.1) is 0 Å². The Labute approximate surface area is 388 Å². The van der Waals surface area contributed by atoms with E-state index < -0.39 is 0 Å². The number of rotatable bonds is 7. The van der Waals surface area contributed by atoms with Gasteiger partial charge in [-0.3, -0.25) is 0 Å². The number of fused-ring (bicyclic) bond motifs is 6. The van der Waals surface area contributed by atoms with E-state index in [-0.39, 0.29) is 0 Å². The molecular weight excluding hydrogens is 815 g/mol. The number of benzene rings is 10. The van der Waals surface area contributed by atoms with E-state index in [4.69, 9.17) is 19.4 Å². The molecule has 0 spiro atoms. The van der Waals surface area contributed by atoms with E-state index in [9.17, 15) is 0 Å². The molecule has 0 N–H and O–H groups in total. The van der Waals surface area contributed by atoms with Gasteiger partial charge in [0, 0.05) is 38.9 Å². The van der Waals surface area contributed by atoms with Crippen LogP contribution in [0.5, 0.6) is 0 Å². The van der Waals surface area contributed by atoms with Gasteiger partial charge in [0.2, 0.25) is 0 Å². The van der Waals surface area contributed by atoms with E-state index in [1.54, 1.807) is 0 Å². The maximum absolute atomic E-state index is 6.86. The smallest absolute Gasteiger partial charge is 0.164 e. The molecule has 0 saturated heterocycles. The second kappa shape index (κ2) is 16.1. The Kier molecular flexibility index (Phi) is 9.28. The fourth-order valence-corrected chi connectivity index (χ4v) is 10.1. The molecule has 67 heavy (non-hydrogen) atoms. The van der Waals surface area contributed by atoms with Crippen LogP contribution in [0.1, 0.15) is 22.6 Å². The van der Waals surface area contributed by atoms with Crippen molar-refractivity contribution in [2.24, 2.45) is 0 Å². The van der Waals surface area contributed by atoms with Crippen LogP contribution in [0.15, 0.2) is 229 Å². The molecule has 4 heteroatoms. The van der Waals surface area contributed by atoms with E-state index in [1.807, 2.05) is 18.2 Å². The van der Waals surface area contributed by atoms with Gasteiger partial charge in [0.05, 0.1) is 0 Å². The second-order valence-electron chi connectivity index (χ2n) is 17.5. The van der Waals surface area contributed by atoms with Gasteiger partial charge in [0.15, 0.2) is 17.5 Å². The molecular formula is C63H41N3O. The summed E-state index contributed by atoms with van der Waals surface area (Å²) in [5, 5.41) is 6.87. The van der Waals surface area contributed by atoms with Gasteiger partial charge in [-0.25, -0.2) is 15.0 Å². The van der Waals surface area contributed by atoms with Crippen molar-refractivity contribution in [2.45, 2.75) is 12.3 Å². The Hall–Kier alpha value is -8.73. The topological polar surface area (TPSA) is 51.8 Å². The predicted octanol–water partition coefficient (Wildman–Crippen LogP) is 16.4. The zero-order chi connectivity index (χ0) is 44.3. The van der Waals surface area contributed by atoms with Crippen LogP contribution in [0.3, 0.4) is 0 Å². The monoisotopic (exact) mass is 855 g/mol. The van der Waals surface area contributed by atoms with Crippen LogP contribution in [0.25, 0.3) is 117 Å². The Balaban J connectivity index is 0.917. The summed E-state index contributed by atoms with van der Waals surface area (Å²) in [6, 6.07) is 77.5. The summed E-state index contributed by atoms with van der Waals surface area (Å²) in [4.78, 5) is 15.5. The van der Waals surface area contributed by atoms with Crippen LogP contribution < -0.4 is 0 Å². The summed E-state index contributed by atoms with van der Waals surface area (Å²) in [5.41, 5.74) is 15.2. The summed E-state index contributed by atoms with van der Waals surface area (Å²) in [6.07, 6.45) is 5.55. The highest BCUT2D eigenvalue weighted by Gasteiger charge is 2.21. The largest absolute Gasteiger partial charge is 0.455 e. The van der Waals surface area contributed by atoms with Crippen LogP contribution in [0.4, 0.5) is 0 Å². The van der Waals surface area contributed by atoms with Crippen molar-refractivity contribution in [3.8, 4) is 67.5 Å². The molecule has 1 unspecified atom stereocenters. The highest BCUT2D eigenvalue weighted by molar-refractivity contribution is 6.18. The molecule has 0 amide bonds. The zero-order valence-corrected chi connectivity index (χ0v) is 36.5. The summed E-state index contributed by atoms with van der Waals surface area (Å²) in [6.45, 7) is 0. The molecule has 0 bridgehead atoms. The summed E-state index contributed by atoms with van der Waals surface area (Å²) < 4.78 is 6.86. The Bertz CT molecular complexity index is 3880. The van der Waals surface area contributed by atoms with Gasteiger partial charge in [-0.15, -0.1) is 0 Å². The minimum atomic E-state index is 0.310. The lowest BCUT2D eigenvalue weighted by atomic mass is 9.85. The first-order valence-electron chi connectivity index (χ1n) is 22.9. The standard InChI is InChI=1S/C63H41N3O/c1-2-15-45(16-3-1)61-64-62(46-34-27-41(28-35-46)48-36-29-40-13-4-5-17-47(40)37-48)66-63(65-61)50-38-49-18-7-9-21-53(49)57(39-50)55-24-12-26-58-59(55)56-25-11-23-54(60(56)67-58)44-32-30-43(31-33-44)52-22-10-19-42-14-6-8-20-51(42)52/h1-36,38-39,48H,37H2. The Morgan fingerprint density at radius 1 is 0.388 bits per heavy atom. The van der Waals surface area contributed by atoms with Crippen LogP contribution in [-0.2, 0) is 6.42 Å². The van der Waals surface area contributed by atoms with Gasteiger partial charge in [-0.05, 0) is 90.7 Å². The second-order valence-corrected chi connectivity index (χ2v) is 17.5. The normalized spacial score (nSPS) is 13.4. The molecule has 2 aromatic heterocycles. The molecule has 1 atom stereocenters. The van der Waals surface area contributed by atoms with Crippen molar-refractivity contribution in [1.82, 2.24) is 15.0 Å². The van der Waals surface area contributed by atoms with Crippen molar-refractivity contribution >= 4 is 49.6 Å². The van der Waals surface area contributed by atoms with E-state index in [1.165, 1.54) is 38.6 Å². The minimum Gasteiger partial charge on any atom is -0.455 e.